The predicted molar refractivity (Wildman–Crippen MR) is 91.8 cm³/mol. The van der Waals surface area contributed by atoms with Gasteiger partial charge in [0.15, 0.2) is 5.69 Å². The maximum atomic E-state index is 12.1. The largest absolute Gasteiger partial charge is 0.493 e. The van der Waals surface area contributed by atoms with Gasteiger partial charge in [0.05, 0.1) is 31.6 Å². The second kappa shape index (κ2) is 6.88. The van der Waals surface area contributed by atoms with Gasteiger partial charge >= 0.3 is 5.97 Å². The van der Waals surface area contributed by atoms with E-state index >= 15 is 0 Å². The van der Waals surface area contributed by atoms with Crippen molar-refractivity contribution >= 4 is 5.97 Å². The number of hydrogen-bond acceptors (Lipinski definition) is 5. The molecule has 2 aromatic rings. The molecular formula is C19H22N2O4. The van der Waals surface area contributed by atoms with E-state index in [4.69, 9.17) is 14.2 Å². The van der Waals surface area contributed by atoms with Gasteiger partial charge in [0.25, 0.3) is 0 Å². The van der Waals surface area contributed by atoms with Crippen LogP contribution < -0.4 is 4.74 Å². The summed E-state index contributed by atoms with van der Waals surface area (Å²) in [5.41, 5.74) is 3.48. The van der Waals surface area contributed by atoms with E-state index in [1.54, 1.807) is 6.92 Å². The first-order chi connectivity index (χ1) is 12.2. The van der Waals surface area contributed by atoms with Crippen LogP contribution in [0, 0.1) is 0 Å². The topological polar surface area (TPSA) is 62.6 Å². The minimum absolute atomic E-state index is 0.145. The summed E-state index contributed by atoms with van der Waals surface area (Å²) in [6, 6.07) is 7.94. The van der Waals surface area contributed by atoms with Crippen LogP contribution in [0.2, 0.25) is 0 Å². The molecule has 1 fully saturated rings. The molecule has 0 radical (unpaired) electrons. The molecule has 0 aliphatic carbocycles. The fraction of sp³-hybridized carbons (Fsp3) is 0.474. The lowest BCUT2D eigenvalue weighted by Crippen LogP contribution is -2.17. The third kappa shape index (κ3) is 3.26. The maximum Gasteiger partial charge on any atom is 0.358 e. The summed E-state index contributed by atoms with van der Waals surface area (Å²) in [6.07, 6.45) is 3.15. The molecule has 6 nitrogen and oxygen atoms in total. The first-order valence-electron chi connectivity index (χ1n) is 8.87. The van der Waals surface area contributed by atoms with Crippen molar-refractivity contribution in [2.45, 2.75) is 38.8 Å². The van der Waals surface area contributed by atoms with E-state index in [-0.39, 0.29) is 12.1 Å². The molecule has 2 aliphatic rings. The van der Waals surface area contributed by atoms with Gasteiger partial charge in [0.2, 0.25) is 0 Å². The van der Waals surface area contributed by atoms with Gasteiger partial charge in [-0.25, -0.2) is 4.79 Å². The molecular weight excluding hydrogens is 320 g/mol. The number of carbonyl (C=O) groups excluding carboxylic acids is 1. The van der Waals surface area contributed by atoms with Crippen LogP contribution in [0.25, 0.3) is 11.3 Å². The number of carbonyl (C=O) groups is 1. The van der Waals surface area contributed by atoms with Gasteiger partial charge in [0.1, 0.15) is 5.75 Å². The van der Waals surface area contributed by atoms with Crippen LogP contribution in [0.3, 0.4) is 0 Å². The van der Waals surface area contributed by atoms with Crippen LogP contribution in [0.4, 0.5) is 0 Å². The number of fused-ring (bicyclic) bond motifs is 1. The van der Waals surface area contributed by atoms with E-state index in [0.29, 0.717) is 18.8 Å². The number of hydrogen-bond donors (Lipinski definition) is 0. The number of esters is 1. The first kappa shape index (κ1) is 16.1. The molecule has 6 heteroatoms. The van der Waals surface area contributed by atoms with Crippen LogP contribution >= 0.6 is 0 Å². The molecule has 1 aromatic heterocycles. The average Bonchev–Trinajstić information content (AvgIpc) is 3.35. The molecule has 132 valence electrons. The molecule has 0 spiro atoms. The van der Waals surface area contributed by atoms with E-state index in [9.17, 15) is 4.79 Å². The van der Waals surface area contributed by atoms with Gasteiger partial charge in [-0.15, -0.1) is 0 Å². The van der Waals surface area contributed by atoms with Crippen molar-refractivity contribution in [2.24, 2.45) is 0 Å². The zero-order valence-electron chi connectivity index (χ0n) is 14.4. The van der Waals surface area contributed by atoms with Gasteiger partial charge in [-0.3, -0.25) is 4.68 Å². The van der Waals surface area contributed by atoms with E-state index < -0.39 is 0 Å². The summed E-state index contributed by atoms with van der Waals surface area (Å²) in [5, 5.41) is 4.49. The third-order valence-corrected chi connectivity index (χ3v) is 4.65. The van der Waals surface area contributed by atoms with Crippen LogP contribution in [0.15, 0.2) is 24.3 Å². The molecule has 1 aromatic carbocycles. The van der Waals surface area contributed by atoms with Gasteiger partial charge in [-0.1, -0.05) is 0 Å². The van der Waals surface area contributed by atoms with E-state index in [1.807, 2.05) is 22.9 Å². The summed E-state index contributed by atoms with van der Waals surface area (Å²) in [5.74, 6) is 0.555. The second-order valence-corrected chi connectivity index (χ2v) is 6.37. The van der Waals surface area contributed by atoms with Gasteiger partial charge < -0.3 is 14.2 Å². The number of benzene rings is 1. The Balaban J connectivity index is 1.69. The lowest BCUT2D eigenvalue weighted by Gasteiger charge is -2.13. The summed E-state index contributed by atoms with van der Waals surface area (Å²) >= 11 is 0. The predicted octanol–water partition coefficient (Wildman–Crippen LogP) is 2.84. The average molecular weight is 342 g/mol. The zero-order chi connectivity index (χ0) is 17.2. The standard InChI is InChI=1S/C19H22N2O4/c1-2-23-19(22)16-11-17(21(20-16)12-15-4-3-8-24-15)13-5-6-18-14(10-13)7-9-25-18/h5-6,10-11,15H,2-4,7-9,12H2,1H3. The highest BCUT2D eigenvalue weighted by molar-refractivity contribution is 5.88. The van der Waals surface area contributed by atoms with Crippen molar-refractivity contribution in [1.82, 2.24) is 9.78 Å². The molecule has 0 N–H and O–H groups in total. The molecule has 1 saturated heterocycles. The Kier molecular flexibility index (Phi) is 4.44. The van der Waals surface area contributed by atoms with Crippen molar-refractivity contribution in [2.75, 3.05) is 19.8 Å². The fourth-order valence-corrected chi connectivity index (χ4v) is 3.42. The van der Waals surface area contributed by atoms with Crippen LogP contribution in [0.5, 0.6) is 5.75 Å². The molecule has 2 aliphatic heterocycles. The normalized spacial score (nSPS) is 18.8. The minimum atomic E-state index is -0.390. The summed E-state index contributed by atoms with van der Waals surface area (Å²) in [7, 11) is 0. The Morgan fingerprint density at radius 3 is 3.08 bits per heavy atom. The SMILES string of the molecule is CCOC(=O)c1cc(-c2ccc3c(c2)CCO3)n(CC2CCCO2)n1. The lowest BCUT2D eigenvalue weighted by atomic mass is 10.1. The Hall–Kier alpha value is -2.34. The summed E-state index contributed by atoms with van der Waals surface area (Å²) < 4.78 is 18.3. The number of aromatic nitrogens is 2. The Bertz CT molecular complexity index is 778. The second-order valence-electron chi connectivity index (χ2n) is 6.37. The maximum absolute atomic E-state index is 12.1. The van der Waals surface area contributed by atoms with Gasteiger partial charge in [0, 0.05) is 18.6 Å². The first-order valence-corrected chi connectivity index (χ1v) is 8.87. The summed E-state index contributed by atoms with van der Waals surface area (Å²) in [4.78, 5) is 12.1. The van der Waals surface area contributed by atoms with Crippen LogP contribution in [-0.4, -0.2) is 41.7 Å². The molecule has 3 heterocycles. The molecule has 25 heavy (non-hydrogen) atoms. The van der Waals surface area contributed by atoms with Crippen molar-refractivity contribution in [3.05, 3.63) is 35.5 Å². The van der Waals surface area contributed by atoms with E-state index in [1.165, 1.54) is 5.56 Å². The third-order valence-electron chi connectivity index (χ3n) is 4.65. The lowest BCUT2D eigenvalue weighted by molar-refractivity contribution is 0.0516. The van der Waals surface area contributed by atoms with Gasteiger partial charge in [-0.2, -0.15) is 5.10 Å². The van der Waals surface area contributed by atoms with Crippen molar-refractivity contribution in [3.8, 4) is 17.0 Å². The van der Waals surface area contributed by atoms with Crippen molar-refractivity contribution < 1.29 is 19.0 Å². The molecule has 0 bridgehead atoms. The smallest absolute Gasteiger partial charge is 0.358 e. The molecule has 0 saturated carbocycles. The quantitative estimate of drug-likeness (QED) is 0.782. The molecule has 0 amide bonds. The van der Waals surface area contributed by atoms with Crippen molar-refractivity contribution in [3.63, 3.8) is 0 Å². The van der Waals surface area contributed by atoms with E-state index in [2.05, 4.69) is 11.2 Å². The highest BCUT2D eigenvalue weighted by Crippen LogP contribution is 2.31. The van der Waals surface area contributed by atoms with Crippen molar-refractivity contribution in [1.29, 1.82) is 0 Å². The highest BCUT2D eigenvalue weighted by Gasteiger charge is 2.22. The number of ether oxygens (including phenoxy) is 3. The van der Waals surface area contributed by atoms with Crippen LogP contribution in [-0.2, 0) is 22.4 Å². The fourth-order valence-electron chi connectivity index (χ4n) is 3.42. The Morgan fingerprint density at radius 2 is 2.28 bits per heavy atom. The molecule has 4 rings (SSSR count). The molecule has 1 atom stereocenters. The zero-order valence-corrected chi connectivity index (χ0v) is 14.4. The number of rotatable bonds is 5. The molecule has 1 unspecified atom stereocenters. The van der Waals surface area contributed by atoms with E-state index in [0.717, 1.165) is 49.5 Å². The highest BCUT2D eigenvalue weighted by atomic mass is 16.5. The van der Waals surface area contributed by atoms with Gasteiger partial charge in [-0.05, 0) is 49.6 Å². The minimum Gasteiger partial charge on any atom is -0.493 e. The summed E-state index contributed by atoms with van der Waals surface area (Å²) in [6.45, 7) is 4.29. The van der Waals surface area contributed by atoms with Crippen LogP contribution in [0.1, 0.15) is 35.8 Å². The number of nitrogens with zero attached hydrogens (tertiary/aromatic N) is 2. The Labute approximate surface area is 146 Å². The monoisotopic (exact) mass is 342 g/mol. The Morgan fingerprint density at radius 1 is 1.36 bits per heavy atom.